The Bertz CT molecular complexity index is 338. The lowest BCUT2D eigenvalue weighted by Crippen LogP contribution is -2.34. The molecule has 5 heteroatoms. The molecule has 1 aromatic rings. The van der Waals surface area contributed by atoms with Gasteiger partial charge in [0.25, 0.3) is 0 Å². The zero-order valence-electron chi connectivity index (χ0n) is 9.46. The zero-order chi connectivity index (χ0) is 12.0. The lowest BCUT2D eigenvalue weighted by Gasteiger charge is -2.13. The first kappa shape index (κ1) is 12.9. The summed E-state index contributed by atoms with van der Waals surface area (Å²) >= 11 is 5.09. The van der Waals surface area contributed by atoms with E-state index in [1.54, 1.807) is 12.1 Å². The van der Waals surface area contributed by atoms with E-state index in [2.05, 4.69) is 15.5 Å². The smallest absolute Gasteiger partial charge is 0.170 e. The molecule has 0 aliphatic heterocycles. The first-order valence-corrected chi connectivity index (χ1v) is 5.44. The number of nitrogens with zero attached hydrogens (tertiary/aromatic N) is 1. The fraction of sp³-hybridized carbons (Fsp3) is 0.364. The molecule has 0 aromatic heterocycles. The fourth-order valence-electron chi connectivity index (χ4n) is 1.10. The van der Waals surface area contributed by atoms with Crippen molar-refractivity contribution in [2.75, 3.05) is 32.5 Å². The summed E-state index contributed by atoms with van der Waals surface area (Å²) in [5, 5.41) is 6.59. The number of rotatable bonds is 4. The third kappa shape index (κ3) is 5.04. The molecule has 0 aliphatic rings. The molecule has 0 radical (unpaired) electrons. The summed E-state index contributed by atoms with van der Waals surface area (Å²) in [6.07, 6.45) is 0. The van der Waals surface area contributed by atoms with E-state index in [-0.39, 0.29) is 5.82 Å². The van der Waals surface area contributed by atoms with Gasteiger partial charge in [-0.1, -0.05) is 0 Å². The van der Waals surface area contributed by atoms with Crippen LogP contribution in [0.1, 0.15) is 0 Å². The molecular formula is C11H16FN3S. The summed E-state index contributed by atoms with van der Waals surface area (Å²) in [4.78, 5) is 2.06. The van der Waals surface area contributed by atoms with Crippen LogP contribution in [0, 0.1) is 5.82 Å². The lowest BCUT2D eigenvalue weighted by molar-refractivity contribution is 0.413. The van der Waals surface area contributed by atoms with Crippen LogP contribution in [-0.4, -0.2) is 37.2 Å². The van der Waals surface area contributed by atoms with Gasteiger partial charge in [0, 0.05) is 18.8 Å². The van der Waals surface area contributed by atoms with Crippen LogP contribution in [-0.2, 0) is 0 Å². The minimum atomic E-state index is -0.253. The normalized spacial score (nSPS) is 10.2. The van der Waals surface area contributed by atoms with Gasteiger partial charge in [0.2, 0.25) is 0 Å². The lowest BCUT2D eigenvalue weighted by atomic mass is 10.3. The number of likely N-dealkylation sites (N-methyl/N-ethyl adjacent to an activating group) is 1. The number of benzene rings is 1. The Balaban J connectivity index is 2.31. The zero-order valence-corrected chi connectivity index (χ0v) is 10.3. The largest absolute Gasteiger partial charge is 0.361 e. The number of thiocarbonyl (C=S) groups is 1. The molecule has 0 saturated heterocycles. The van der Waals surface area contributed by atoms with Crippen molar-refractivity contribution < 1.29 is 4.39 Å². The van der Waals surface area contributed by atoms with Gasteiger partial charge in [-0.15, -0.1) is 0 Å². The average molecular weight is 241 g/mol. The van der Waals surface area contributed by atoms with Crippen molar-refractivity contribution in [2.45, 2.75) is 0 Å². The molecule has 0 fully saturated rings. The topological polar surface area (TPSA) is 27.3 Å². The third-order valence-electron chi connectivity index (χ3n) is 1.95. The highest BCUT2D eigenvalue weighted by Gasteiger charge is 1.97. The maximum Gasteiger partial charge on any atom is 0.170 e. The minimum Gasteiger partial charge on any atom is -0.361 e. The van der Waals surface area contributed by atoms with Crippen LogP contribution in [0.15, 0.2) is 24.3 Å². The van der Waals surface area contributed by atoms with Gasteiger partial charge in [0.1, 0.15) is 5.82 Å². The molecule has 0 spiro atoms. The number of nitrogens with one attached hydrogen (secondary N) is 2. The predicted molar refractivity (Wildman–Crippen MR) is 69.2 cm³/mol. The third-order valence-corrected chi connectivity index (χ3v) is 2.19. The number of hydrogen-bond acceptors (Lipinski definition) is 2. The van der Waals surface area contributed by atoms with Crippen LogP contribution in [0.2, 0.25) is 0 Å². The maximum absolute atomic E-state index is 12.6. The van der Waals surface area contributed by atoms with Crippen molar-refractivity contribution in [3.8, 4) is 0 Å². The molecule has 0 saturated carbocycles. The van der Waals surface area contributed by atoms with Gasteiger partial charge in [-0.2, -0.15) is 0 Å². The number of hydrogen-bond donors (Lipinski definition) is 2. The highest BCUT2D eigenvalue weighted by atomic mass is 32.1. The molecule has 1 aromatic carbocycles. The number of halogens is 1. The van der Waals surface area contributed by atoms with Gasteiger partial charge in [-0.3, -0.25) is 0 Å². The molecule has 0 amide bonds. The molecule has 0 aliphatic carbocycles. The molecule has 3 nitrogen and oxygen atoms in total. The molecule has 2 N–H and O–H groups in total. The maximum atomic E-state index is 12.6. The second-order valence-corrected chi connectivity index (χ2v) is 4.10. The highest BCUT2D eigenvalue weighted by Crippen LogP contribution is 2.07. The summed E-state index contributed by atoms with van der Waals surface area (Å²) in [5.74, 6) is -0.253. The number of anilines is 1. The van der Waals surface area contributed by atoms with E-state index in [9.17, 15) is 4.39 Å². The Morgan fingerprint density at radius 3 is 2.50 bits per heavy atom. The van der Waals surface area contributed by atoms with Crippen LogP contribution >= 0.6 is 12.2 Å². The molecule has 16 heavy (non-hydrogen) atoms. The van der Waals surface area contributed by atoms with Gasteiger partial charge in [0.05, 0.1) is 0 Å². The summed E-state index contributed by atoms with van der Waals surface area (Å²) < 4.78 is 12.6. The van der Waals surface area contributed by atoms with Crippen LogP contribution < -0.4 is 10.6 Å². The van der Waals surface area contributed by atoms with Crippen molar-refractivity contribution in [3.63, 3.8) is 0 Å². The molecule has 88 valence electrons. The van der Waals surface area contributed by atoms with Gasteiger partial charge in [-0.05, 0) is 50.6 Å². The minimum absolute atomic E-state index is 0.253. The SMILES string of the molecule is CN(C)CCNC(=S)Nc1ccc(F)cc1. The van der Waals surface area contributed by atoms with Crippen molar-refractivity contribution >= 4 is 23.0 Å². The molecule has 0 heterocycles. The molecule has 1 rings (SSSR count). The van der Waals surface area contributed by atoms with E-state index in [1.165, 1.54) is 12.1 Å². The van der Waals surface area contributed by atoms with Gasteiger partial charge in [-0.25, -0.2) is 4.39 Å². The molecule has 0 unspecified atom stereocenters. The van der Waals surface area contributed by atoms with Crippen molar-refractivity contribution in [1.82, 2.24) is 10.2 Å². The van der Waals surface area contributed by atoms with Crippen LogP contribution in [0.5, 0.6) is 0 Å². The van der Waals surface area contributed by atoms with E-state index in [0.717, 1.165) is 18.8 Å². The summed E-state index contributed by atoms with van der Waals surface area (Å²) in [6, 6.07) is 6.08. The Morgan fingerprint density at radius 1 is 1.31 bits per heavy atom. The monoisotopic (exact) mass is 241 g/mol. The summed E-state index contributed by atoms with van der Waals surface area (Å²) in [5.41, 5.74) is 0.781. The van der Waals surface area contributed by atoms with E-state index < -0.39 is 0 Å². The van der Waals surface area contributed by atoms with Crippen LogP contribution in [0.25, 0.3) is 0 Å². The van der Waals surface area contributed by atoms with Gasteiger partial charge >= 0.3 is 0 Å². The van der Waals surface area contributed by atoms with Gasteiger partial charge in [0.15, 0.2) is 5.11 Å². The van der Waals surface area contributed by atoms with Gasteiger partial charge < -0.3 is 15.5 Å². The first-order chi connectivity index (χ1) is 7.58. The standard InChI is InChI=1S/C11H16FN3S/c1-15(2)8-7-13-11(16)14-10-5-3-9(12)4-6-10/h3-6H,7-8H2,1-2H3,(H2,13,14,16). The Kier molecular flexibility index (Phi) is 5.14. The quantitative estimate of drug-likeness (QED) is 0.784. The van der Waals surface area contributed by atoms with Crippen molar-refractivity contribution in [3.05, 3.63) is 30.1 Å². The second kappa shape index (κ2) is 6.40. The highest BCUT2D eigenvalue weighted by molar-refractivity contribution is 7.80. The van der Waals surface area contributed by atoms with E-state index >= 15 is 0 Å². The van der Waals surface area contributed by atoms with E-state index in [0.29, 0.717) is 5.11 Å². The van der Waals surface area contributed by atoms with Crippen LogP contribution in [0.3, 0.4) is 0 Å². The van der Waals surface area contributed by atoms with Crippen molar-refractivity contribution in [2.24, 2.45) is 0 Å². The average Bonchev–Trinajstić information content (AvgIpc) is 2.21. The van der Waals surface area contributed by atoms with Crippen LogP contribution in [0.4, 0.5) is 10.1 Å². The Labute approximate surface area is 101 Å². The van der Waals surface area contributed by atoms with Crippen molar-refractivity contribution in [1.29, 1.82) is 0 Å². The predicted octanol–water partition coefficient (Wildman–Crippen LogP) is 1.67. The van der Waals surface area contributed by atoms with E-state index in [1.807, 2.05) is 14.1 Å². The Hall–Kier alpha value is -1.20. The summed E-state index contributed by atoms with van der Waals surface area (Å²) in [6.45, 7) is 1.69. The van der Waals surface area contributed by atoms with E-state index in [4.69, 9.17) is 12.2 Å². The molecule has 0 atom stereocenters. The Morgan fingerprint density at radius 2 is 1.94 bits per heavy atom. The molecular weight excluding hydrogens is 225 g/mol. The summed E-state index contributed by atoms with van der Waals surface area (Å²) in [7, 11) is 4.00. The second-order valence-electron chi connectivity index (χ2n) is 3.69. The molecule has 0 bridgehead atoms. The fourth-order valence-corrected chi connectivity index (χ4v) is 1.32. The first-order valence-electron chi connectivity index (χ1n) is 5.03.